The van der Waals surface area contributed by atoms with Gasteiger partial charge in [-0.3, -0.25) is 9.59 Å². The van der Waals surface area contributed by atoms with E-state index in [1.54, 1.807) is 20.8 Å². The smallest absolute Gasteiger partial charge is 0.330 e. The molecule has 11 nitrogen and oxygen atoms in total. The summed E-state index contributed by atoms with van der Waals surface area (Å²) >= 11 is 0. The Morgan fingerprint density at radius 1 is 0.836 bits per heavy atom. The van der Waals surface area contributed by atoms with Crippen LogP contribution in [0.25, 0.3) is 0 Å². The molecule has 17 atom stereocenters. The van der Waals surface area contributed by atoms with Crippen LogP contribution in [0.4, 0.5) is 0 Å². The highest BCUT2D eigenvalue weighted by Crippen LogP contribution is 2.46. The molecule has 2 bridgehead atoms. The van der Waals surface area contributed by atoms with E-state index in [1.807, 2.05) is 25.2 Å². The topological polar surface area (TPSA) is 180 Å². The van der Waals surface area contributed by atoms with E-state index in [2.05, 4.69) is 19.9 Å². The zero-order valence-electron chi connectivity index (χ0n) is 35.0. The second kappa shape index (κ2) is 20.4. The van der Waals surface area contributed by atoms with Crippen molar-refractivity contribution < 1.29 is 54.1 Å². The largest absolute Gasteiger partial charge is 0.459 e. The van der Waals surface area contributed by atoms with E-state index in [1.165, 1.54) is 39.8 Å². The molecule has 0 unspecified atom stereocenters. The average molecular weight is 777 g/mol. The van der Waals surface area contributed by atoms with Gasteiger partial charge in [0.25, 0.3) is 0 Å². The number of aliphatic hydroxyl groups excluding tert-OH is 4. The van der Waals surface area contributed by atoms with Gasteiger partial charge in [-0.05, 0) is 70.1 Å². The van der Waals surface area contributed by atoms with Gasteiger partial charge in [0.05, 0.1) is 36.6 Å². The first-order valence-electron chi connectivity index (χ1n) is 20.8. The summed E-state index contributed by atoms with van der Waals surface area (Å²) in [5.41, 5.74) is -2.18. The van der Waals surface area contributed by atoms with Gasteiger partial charge >= 0.3 is 5.97 Å². The minimum Gasteiger partial charge on any atom is -0.459 e. The third-order valence-electron chi connectivity index (χ3n) is 12.9. The fourth-order valence-electron chi connectivity index (χ4n) is 8.60. The minimum absolute atomic E-state index is 0.144. The summed E-state index contributed by atoms with van der Waals surface area (Å²) < 4.78 is 19.7. The van der Waals surface area contributed by atoms with Crippen LogP contribution >= 0.6 is 0 Å². The second-order valence-electron chi connectivity index (χ2n) is 17.6. The van der Waals surface area contributed by atoms with E-state index in [9.17, 15) is 39.9 Å². The van der Waals surface area contributed by atoms with E-state index in [4.69, 9.17) is 14.2 Å². The van der Waals surface area contributed by atoms with Gasteiger partial charge in [0.15, 0.2) is 11.6 Å². The number of esters is 1. The molecule has 1 spiro atoms. The fraction of sp³-hybridized carbons (Fsp3) is 0.795. The third kappa shape index (κ3) is 12.1. The Morgan fingerprint density at radius 3 is 2.13 bits per heavy atom. The molecule has 0 aromatic heterocycles. The Kier molecular flexibility index (Phi) is 17.5. The van der Waals surface area contributed by atoms with Crippen LogP contribution < -0.4 is 0 Å². The maximum absolute atomic E-state index is 13.5. The molecule has 2 saturated heterocycles. The summed E-state index contributed by atoms with van der Waals surface area (Å²) in [7, 11) is 0. The number of allylic oxidation sites excluding steroid dienone is 4. The molecule has 11 heteroatoms. The van der Waals surface area contributed by atoms with Crippen LogP contribution in [-0.2, 0) is 28.6 Å². The lowest BCUT2D eigenvalue weighted by atomic mass is 9.75. The van der Waals surface area contributed by atoms with Crippen LogP contribution in [0, 0.1) is 47.3 Å². The van der Waals surface area contributed by atoms with Gasteiger partial charge in [-0.15, -0.1) is 0 Å². The van der Waals surface area contributed by atoms with Gasteiger partial charge in [-0.1, -0.05) is 85.8 Å². The summed E-state index contributed by atoms with van der Waals surface area (Å²) in [6.07, 6.45) is 10.1. The van der Waals surface area contributed by atoms with Crippen molar-refractivity contribution in [2.75, 3.05) is 0 Å². The number of hydrogen-bond acceptors (Lipinski definition) is 11. The SMILES string of the molecule is CC[C@@H]1/C=C/C=C/C[C@H](C)[C@@H](O)[C@](C)(O)C(=O)[C@H](C)[C@@H](O)[C@H](C)C(=O)[C@@H](C)[C@@H](O)[C@H](C)/C=C/C(=O)O[C@@H]2C[C@]3(CC[C@@H](C)[C@@H](C[C@@H](C)O)O3)O[C@H](CC1)[C@@H]2C. The number of ketones is 2. The van der Waals surface area contributed by atoms with Crippen molar-refractivity contribution in [1.29, 1.82) is 0 Å². The van der Waals surface area contributed by atoms with Gasteiger partial charge in [0.1, 0.15) is 17.5 Å². The molecule has 0 aromatic rings. The number of hydrogen-bond donors (Lipinski definition) is 5. The molecule has 0 aliphatic carbocycles. The van der Waals surface area contributed by atoms with E-state index in [-0.39, 0.29) is 30.0 Å². The predicted octanol–water partition coefficient (Wildman–Crippen LogP) is 5.64. The number of Topliss-reactive ketones (excluding diaryl/α,β-unsaturated/α-hetero) is 2. The van der Waals surface area contributed by atoms with Crippen molar-refractivity contribution in [3.63, 3.8) is 0 Å². The molecule has 55 heavy (non-hydrogen) atoms. The second-order valence-corrected chi connectivity index (χ2v) is 17.6. The summed E-state index contributed by atoms with van der Waals surface area (Å²) in [6.45, 7) is 17.1. The summed E-state index contributed by atoms with van der Waals surface area (Å²) in [5, 5.41) is 54.9. The first kappa shape index (κ1) is 47.1. The fourth-order valence-corrected chi connectivity index (χ4v) is 8.60. The highest BCUT2D eigenvalue weighted by Gasteiger charge is 2.51. The molecular weight excluding hydrogens is 704 g/mol. The molecule has 3 heterocycles. The predicted molar refractivity (Wildman–Crippen MR) is 210 cm³/mol. The quantitative estimate of drug-likeness (QED) is 0.224. The summed E-state index contributed by atoms with van der Waals surface area (Å²) in [6, 6.07) is 0. The normalized spacial score (nSPS) is 46.1. The van der Waals surface area contributed by atoms with Crippen LogP contribution in [0.15, 0.2) is 36.5 Å². The van der Waals surface area contributed by atoms with Gasteiger partial charge in [0.2, 0.25) is 0 Å². The molecule has 0 amide bonds. The number of carbonyl (C=O) groups excluding carboxylic acids is 3. The Balaban J connectivity index is 1.95. The number of aliphatic hydroxyl groups is 5. The molecule has 5 N–H and O–H groups in total. The number of fused-ring (bicyclic) bond motifs is 2. The lowest BCUT2D eigenvalue weighted by Gasteiger charge is -2.52. The summed E-state index contributed by atoms with van der Waals surface area (Å²) in [4.78, 5) is 40.3. The van der Waals surface area contributed by atoms with Gasteiger partial charge in [0, 0.05) is 48.5 Å². The van der Waals surface area contributed by atoms with Crippen LogP contribution in [0.1, 0.15) is 121 Å². The standard InChI is InChI=1S/C44H72O11/c1-11-33-16-14-12-13-15-27(4)41(50)43(10,52)42(51)32(9)40(49)31(8)39(48)30(7)38(47)26(3)17-20-37(46)53-36-24-44(54-34(19-18-33)29(36)6)22-21-25(2)35(55-44)23-28(5)45/h12-14,16-17,20,25-36,38,40-41,45,47,49-50,52H,11,15,18-19,21-24H2,1-10H3/b13-12+,16-14+,20-17+/t25-,26-,27+,28-,29+,30+,31-,32-,33-,34-,35-,36-,38+,40+,41-,43+,44-/m1/s1. The molecule has 0 saturated carbocycles. The number of ether oxygens (including phenoxy) is 3. The number of rotatable bonds is 3. The Labute approximate surface area is 329 Å². The zero-order chi connectivity index (χ0) is 41.4. The van der Waals surface area contributed by atoms with Crippen molar-refractivity contribution in [1.82, 2.24) is 0 Å². The third-order valence-corrected chi connectivity index (χ3v) is 12.9. The van der Waals surface area contributed by atoms with E-state index < -0.39 is 89.0 Å². The van der Waals surface area contributed by atoms with E-state index in [0.717, 1.165) is 19.3 Å². The average Bonchev–Trinajstić information content (AvgIpc) is 3.14. The van der Waals surface area contributed by atoms with Crippen molar-refractivity contribution in [3.8, 4) is 0 Å². The van der Waals surface area contributed by atoms with Crippen molar-refractivity contribution >= 4 is 17.5 Å². The van der Waals surface area contributed by atoms with Gasteiger partial charge in [-0.25, -0.2) is 4.79 Å². The zero-order valence-corrected chi connectivity index (χ0v) is 35.0. The molecule has 2 fully saturated rings. The molecule has 3 rings (SSSR count). The Bertz CT molecular complexity index is 1350. The highest BCUT2D eigenvalue weighted by atomic mass is 16.7. The molecule has 3 aliphatic heterocycles. The number of carbonyl (C=O) groups is 3. The van der Waals surface area contributed by atoms with Crippen molar-refractivity contribution in [2.45, 2.75) is 175 Å². The molecular formula is C44H72O11. The summed E-state index contributed by atoms with van der Waals surface area (Å²) in [5.74, 6) is -6.86. The first-order valence-corrected chi connectivity index (χ1v) is 20.8. The van der Waals surface area contributed by atoms with E-state index >= 15 is 0 Å². The Hall–Kier alpha value is -2.25. The molecule has 0 radical (unpaired) electrons. The molecule has 0 aromatic carbocycles. The van der Waals surface area contributed by atoms with Crippen molar-refractivity contribution in [2.24, 2.45) is 47.3 Å². The van der Waals surface area contributed by atoms with Crippen molar-refractivity contribution in [3.05, 3.63) is 36.5 Å². The monoisotopic (exact) mass is 777 g/mol. The lowest BCUT2D eigenvalue weighted by molar-refractivity contribution is -0.347. The molecule has 314 valence electrons. The highest BCUT2D eigenvalue weighted by molar-refractivity contribution is 5.91. The van der Waals surface area contributed by atoms with Gasteiger partial charge < -0.3 is 39.7 Å². The Morgan fingerprint density at radius 2 is 1.49 bits per heavy atom. The van der Waals surface area contributed by atoms with Gasteiger partial charge in [-0.2, -0.15) is 0 Å². The van der Waals surface area contributed by atoms with E-state index in [0.29, 0.717) is 32.1 Å². The maximum Gasteiger partial charge on any atom is 0.330 e. The maximum atomic E-state index is 13.5. The van der Waals surface area contributed by atoms with Crippen LogP contribution in [-0.4, -0.2) is 97.2 Å². The minimum atomic E-state index is -2.18. The van der Waals surface area contributed by atoms with Crippen LogP contribution in [0.2, 0.25) is 0 Å². The van der Waals surface area contributed by atoms with Crippen LogP contribution in [0.5, 0.6) is 0 Å². The van der Waals surface area contributed by atoms with Crippen LogP contribution in [0.3, 0.4) is 0 Å². The molecule has 3 aliphatic rings. The first-order chi connectivity index (χ1) is 25.6. The lowest BCUT2D eigenvalue weighted by Crippen LogP contribution is -2.57.